The van der Waals surface area contributed by atoms with Crippen LogP contribution in [0.2, 0.25) is 0 Å². The van der Waals surface area contributed by atoms with Gasteiger partial charge in [0.1, 0.15) is 43.2 Å². The van der Waals surface area contributed by atoms with Crippen LogP contribution in [0.25, 0.3) is 0 Å². The average Bonchev–Trinajstić information content (AvgIpc) is 3.33. The molecule has 0 aromatic heterocycles. The molecule has 66 heavy (non-hydrogen) atoms. The van der Waals surface area contributed by atoms with E-state index in [4.69, 9.17) is 28.9 Å². The molecule has 6 atom stereocenters. The first-order valence-electron chi connectivity index (χ1n) is 23.0. The van der Waals surface area contributed by atoms with Crippen LogP contribution in [0.5, 0.6) is 11.5 Å². The minimum atomic E-state index is -1.50. The van der Waals surface area contributed by atoms with Gasteiger partial charge in [-0.1, -0.05) is 85.6 Å². The maximum Gasteiger partial charge on any atom is 0.410 e. The van der Waals surface area contributed by atoms with E-state index in [9.17, 15) is 29.5 Å². The van der Waals surface area contributed by atoms with Crippen LogP contribution in [-0.2, 0) is 34.1 Å². The van der Waals surface area contributed by atoms with Crippen LogP contribution in [0.4, 0.5) is 14.9 Å². The van der Waals surface area contributed by atoms with Gasteiger partial charge in [-0.2, -0.15) is 0 Å². The number of nitrogens with zero attached hydrogens (tertiary/aromatic N) is 3. The van der Waals surface area contributed by atoms with Gasteiger partial charge in [0.25, 0.3) is 5.69 Å². The van der Waals surface area contributed by atoms with Crippen LogP contribution in [0.3, 0.4) is 0 Å². The number of benzene rings is 4. The van der Waals surface area contributed by atoms with Gasteiger partial charge in [0.15, 0.2) is 0 Å². The Bertz CT molecular complexity index is 2320. The zero-order chi connectivity index (χ0) is 46.5. The van der Waals surface area contributed by atoms with Crippen molar-refractivity contribution in [2.24, 2.45) is 22.9 Å². The van der Waals surface area contributed by atoms with E-state index in [0.29, 0.717) is 54.1 Å². The maximum atomic E-state index is 14.8. The molecule has 0 radical (unpaired) electrons. The number of amides is 1. The van der Waals surface area contributed by atoms with E-state index in [-0.39, 0.29) is 75.3 Å². The third kappa shape index (κ3) is 10.9. The Morgan fingerprint density at radius 1 is 0.955 bits per heavy atom. The summed E-state index contributed by atoms with van der Waals surface area (Å²) < 4.78 is 41.5. The molecule has 350 valence electrons. The van der Waals surface area contributed by atoms with Gasteiger partial charge in [-0.15, -0.1) is 6.58 Å². The van der Waals surface area contributed by atoms with Crippen LogP contribution in [0.15, 0.2) is 127 Å². The van der Waals surface area contributed by atoms with Crippen LogP contribution in [0.1, 0.15) is 86.5 Å². The average molecular weight is 906 g/mol. The summed E-state index contributed by atoms with van der Waals surface area (Å²) in [7, 11) is 0. The second kappa shape index (κ2) is 22.9. The number of nitro benzene ring substituents is 1. The standard InChI is InChI=1S/C52H60FN3O10/c1-3-26-55(51(59)63-33-36-14-6-5-7-15-36)48-32-46(54-65-34-37-20-22-40(23-21-37)56(60)61)43-30-38(16-10-12-27-57)42(18-11-13-28-58)49-44-31-41(62-35-39-17-8-9-19-45(39)53)24-25-47(44)66-52(48,50(43)49)64-29-4-2/h4-9,14-15,17,19-25,30-31,38,42,48-50,57-58H,2-3,10-13,16,18,26-29,32-35H2,1H3/t38-,42+,48-,49+,50+,52+/m0/s1. The van der Waals surface area contributed by atoms with Crippen molar-refractivity contribution in [1.82, 2.24) is 4.90 Å². The van der Waals surface area contributed by atoms with Crippen molar-refractivity contribution >= 4 is 17.5 Å². The smallest absolute Gasteiger partial charge is 0.410 e. The first kappa shape index (κ1) is 47.9. The number of hydrogen-bond acceptors (Lipinski definition) is 11. The second-order valence-corrected chi connectivity index (χ2v) is 17.1. The number of halogens is 1. The highest BCUT2D eigenvalue weighted by atomic mass is 19.1. The zero-order valence-corrected chi connectivity index (χ0v) is 37.5. The first-order valence-corrected chi connectivity index (χ1v) is 23.0. The fraction of sp³-hybridized carbons (Fsp3) is 0.423. The summed E-state index contributed by atoms with van der Waals surface area (Å²) in [4.78, 5) is 33.4. The van der Waals surface area contributed by atoms with E-state index >= 15 is 0 Å². The van der Waals surface area contributed by atoms with Crippen molar-refractivity contribution < 1.29 is 48.1 Å². The highest BCUT2D eigenvalue weighted by Crippen LogP contribution is 2.62. The summed E-state index contributed by atoms with van der Waals surface area (Å²) in [6.45, 7) is 6.56. The van der Waals surface area contributed by atoms with E-state index in [1.54, 1.807) is 47.4 Å². The van der Waals surface area contributed by atoms with Crippen molar-refractivity contribution in [3.05, 3.63) is 160 Å². The van der Waals surface area contributed by atoms with Gasteiger partial charge < -0.3 is 34.0 Å². The molecule has 0 spiro atoms. The van der Waals surface area contributed by atoms with E-state index in [1.807, 2.05) is 49.4 Å². The number of allylic oxidation sites excluding steroid dienone is 1. The molecule has 4 aromatic carbocycles. The maximum absolute atomic E-state index is 14.8. The summed E-state index contributed by atoms with van der Waals surface area (Å²) >= 11 is 0. The SMILES string of the molecule is C=CCO[C@@]12Oc3ccc(OCc4ccccc4F)cc3[C@H]3[C@H](CCCCO)[C@@H](CCCCO)C=C(C(=NOCc4ccc([N+](=O)[O-])cc4)C[C@@H]1N(CCC)C(=O)OCc1ccccc1)[C@H]32. The van der Waals surface area contributed by atoms with Gasteiger partial charge >= 0.3 is 6.09 Å². The summed E-state index contributed by atoms with van der Waals surface area (Å²) in [5.74, 6) is -1.75. The molecule has 13 nitrogen and oxygen atoms in total. The van der Waals surface area contributed by atoms with Crippen LogP contribution >= 0.6 is 0 Å². The summed E-state index contributed by atoms with van der Waals surface area (Å²) in [6, 6.07) is 26.9. The van der Waals surface area contributed by atoms with E-state index < -0.39 is 28.8 Å². The minimum absolute atomic E-state index is 0.00368. The Hall–Kier alpha value is -6.09. The number of hydrogen-bond donors (Lipinski definition) is 2. The Morgan fingerprint density at radius 2 is 1.68 bits per heavy atom. The molecule has 14 heteroatoms. The summed E-state index contributed by atoms with van der Waals surface area (Å²) in [6.07, 6.45) is 8.32. The van der Waals surface area contributed by atoms with Gasteiger partial charge in [0, 0.05) is 55.4 Å². The largest absolute Gasteiger partial charge is 0.489 e. The number of nitro groups is 1. The third-order valence-corrected chi connectivity index (χ3v) is 12.8. The van der Waals surface area contributed by atoms with Crippen molar-refractivity contribution in [1.29, 1.82) is 0 Å². The fourth-order valence-corrected chi connectivity index (χ4v) is 9.83. The fourth-order valence-electron chi connectivity index (χ4n) is 9.83. The molecule has 2 N–H and O–H groups in total. The van der Waals surface area contributed by atoms with E-state index in [0.717, 1.165) is 42.4 Å². The molecule has 0 bridgehead atoms. The van der Waals surface area contributed by atoms with E-state index in [2.05, 4.69) is 12.7 Å². The highest BCUT2D eigenvalue weighted by molar-refractivity contribution is 6.03. The Morgan fingerprint density at radius 3 is 2.39 bits per heavy atom. The van der Waals surface area contributed by atoms with Gasteiger partial charge in [-0.3, -0.25) is 15.0 Å². The molecule has 3 aliphatic rings. The quantitative estimate of drug-likeness (QED) is 0.0317. The molecule has 1 amide bonds. The van der Waals surface area contributed by atoms with Gasteiger partial charge in [0.2, 0.25) is 5.79 Å². The zero-order valence-electron chi connectivity index (χ0n) is 37.5. The number of carbonyl (C=O) groups excluding carboxylic acids is 1. The molecule has 1 aliphatic heterocycles. The van der Waals surface area contributed by atoms with Crippen LogP contribution in [-0.4, -0.2) is 70.0 Å². The van der Waals surface area contributed by atoms with Crippen LogP contribution in [0, 0.1) is 33.7 Å². The molecule has 1 saturated carbocycles. The molecule has 4 aromatic rings. The molecular formula is C52H60FN3O10. The lowest BCUT2D eigenvalue weighted by molar-refractivity contribution is -0.384. The number of ether oxygens (including phenoxy) is 4. The number of aliphatic hydroxyl groups excluding tert-OH is 2. The molecule has 7 rings (SSSR count). The van der Waals surface area contributed by atoms with Gasteiger partial charge in [-0.05, 0) is 97.0 Å². The summed E-state index contributed by atoms with van der Waals surface area (Å²) in [5.41, 5.74) is 4.17. The molecule has 0 unspecified atom stereocenters. The molecule has 0 saturated heterocycles. The van der Waals surface area contributed by atoms with Crippen molar-refractivity contribution in [2.45, 2.75) is 95.9 Å². The molecular weight excluding hydrogens is 846 g/mol. The second-order valence-electron chi connectivity index (χ2n) is 17.1. The normalized spacial score (nSPS) is 22.3. The predicted octanol–water partition coefficient (Wildman–Crippen LogP) is 10.2. The molecule has 1 fully saturated rings. The highest BCUT2D eigenvalue weighted by Gasteiger charge is 2.65. The van der Waals surface area contributed by atoms with Crippen LogP contribution < -0.4 is 9.47 Å². The van der Waals surface area contributed by atoms with Crippen molar-refractivity contribution in [2.75, 3.05) is 26.4 Å². The van der Waals surface area contributed by atoms with E-state index in [1.165, 1.54) is 18.2 Å². The van der Waals surface area contributed by atoms with Gasteiger partial charge in [-0.25, -0.2) is 9.18 Å². The molecule has 2 aliphatic carbocycles. The monoisotopic (exact) mass is 905 g/mol. The number of non-ortho nitro benzene ring substituents is 1. The Labute approximate surface area is 385 Å². The lowest BCUT2D eigenvalue weighted by Gasteiger charge is -2.59. The number of oxime groups is 1. The number of carbonyl (C=O) groups is 1. The lowest BCUT2D eigenvalue weighted by Crippen LogP contribution is -2.70. The predicted molar refractivity (Wildman–Crippen MR) is 247 cm³/mol. The Balaban J connectivity index is 1.39. The topological polar surface area (TPSA) is 162 Å². The minimum Gasteiger partial charge on any atom is -0.489 e. The van der Waals surface area contributed by atoms with Gasteiger partial charge in [0.05, 0.1) is 23.2 Å². The Kier molecular flexibility index (Phi) is 16.6. The van der Waals surface area contributed by atoms with Crippen molar-refractivity contribution in [3.63, 3.8) is 0 Å². The molecule has 1 heterocycles. The first-order chi connectivity index (χ1) is 32.2. The number of unbranched alkanes of at least 4 members (excludes halogenated alkanes) is 2. The number of rotatable bonds is 23. The van der Waals surface area contributed by atoms with Crippen molar-refractivity contribution in [3.8, 4) is 11.5 Å². The summed E-state index contributed by atoms with van der Waals surface area (Å²) in [5, 5.41) is 36.2. The lowest BCUT2D eigenvalue weighted by atomic mass is 9.55. The number of fused-ring (bicyclic) bond motifs is 2. The third-order valence-electron chi connectivity index (χ3n) is 12.8. The number of aliphatic hydroxyl groups is 2.